The summed E-state index contributed by atoms with van der Waals surface area (Å²) in [7, 11) is 0. The molecule has 0 aromatic carbocycles. The monoisotopic (exact) mass is 221 g/mol. The zero-order chi connectivity index (χ0) is 11.6. The summed E-state index contributed by atoms with van der Waals surface area (Å²) in [5, 5.41) is 0. The van der Waals surface area contributed by atoms with Gasteiger partial charge in [0, 0.05) is 11.8 Å². The van der Waals surface area contributed by atoms with Crippen molar-refractivity contribution in [2.45, 2.75) is 20.0 Å². The lowest BCUT2D eigenvalue weighted by atomic mass is 10.2. The first kappa shape index (κ1) is 11.6. The fourth-order valence-corrected chi connectivity index (χ4v) is 1.12. The fraction of sp³-hybridized carbons (Fsp3) is 0.444. The number of aromatic amines is 1. The van der Waals surface area contributed by atoms with Gasteiger partial charge in [0.2, 0.25) is 0 Å². The normalized spacial score (nSPS) is 11.5. The summed E-state index contributed by atoms with van der Waals surface area (Å²) in [6.07, 6.45) is -3.08. The minimum absolute atomic E-state index is 0.00363. The van der Waals surface area contributed by atoms with Gasteiger partial charge in [-0.1, -0.05) is 0 Å². The number of hydrogen-bond acceptors (Lipinski definition) is 2. The smallest absolute Gasteiger partial charge is 0.422 e. The molecule has 0 amide bonds. The van der Waals surface area contributed by atoms with Crippen LogP contribution in [0.1, 0.15) is 11.1 Å². The number of pyridine rings is 1. The van der Waals surface area contributed by atoms with Crippen molar-refractivity contribution >= 4 is 0 Å². The Morgan fingerprint density at radius 1 is 1.40 bits per heavy atom. The molecule has 0 saturated carbocycles. The Bertz CT molecular complexity index is 409. The van der Waals surface area contributed by atoms with Crippen LogP contribution in [-0.2, 0) is 0 Å². The zero-order valence-electron chi connectivity index (χ0n) is 8.23. The molecule has 0 spiro atoms. The highest BCUT2D eigenvalue weighted by molar-refractivity contribution is 5.36. The first-order valence-electron chi connectivity index (χ1n) is 4.19. The Kier molecular flexibility index (Phi) is 3.06. The molecule has 0 fully saturated rings. The van der Waals surface area contributed by atoms with Gasteiger partial charge in [0.15, 0.2) is 6.61 Å². The average molecular weight is 221 g/mol. The molecule has 0 atom stereocenters. The third-order valence-electron chi connectivity index (χ3n) is 1.84. The molecule has 1 aromatic rings. The largest absolute Gasteiger partial charge is 0.483 e. The van der Waals surface area contributed by atoms with Gasteiger partial charge < -0.3 is 9.72 Å². The predicted molar refractivity (Wildman–Crippen MR) is 48.1 cm³/mol. The second kappa shape index (κ2) is 3.96. The van der Waals surface area contributed by atoms with Gasteiger partial charge in [-0.2, -0.15) is 13.2 Å². The van der Waals surface area contributed by atoms with Crippen molar-refractivity contribution in [3.8, 4) is 5.75 Å². The molecule has 1 aromatic heterocycles. The van der Waals surface area contributed by atoms with Crippen molar-refractivity contribution < 1.29 is 17.9 Å². The van der Waals surface area contributed by atoms with Crippen molar-refractivity contribution in [1.29, 1.82) is 0 Å². The van der Waals surface area contributed by atoms with Crippen LogP contribution >= 0.6 is 0 Å². The van der Waals surface area contributed by atoms with Crippen LogP contribution in [0.4, 0.5) is 13.2 Å². The number of aryl methyl sites for hydroxylation is 1. The summed E-state index contributed by atoms with van der Waals surface area (Å²) in [5.41, 5.74) is 0.174. The molecule has 0 aliphatic carbocycles. The van der Waals surface area contributed by atoms with Crippen LogP contribution < -0.4 is 10.3 Å². The van der Waals surface area contributed by atoms with E-state index in [2.05, 4.69) is 9.72 Å². The lowest BCUT2D eigenvalue weighted by molar-refractivity contribution is -0.153. The number of aromatic nitrogens is 1. The highest BCUT2D eigenvalue weighted by Gasteiger charge is 2.29. The molecule has 0 saturated heterocycles. The van der Waals surface area contributed by atoms with Gasteiger partial charge in [-0.15, -0.1) is 0 Å². The first-order valence-corrected chi connectivity index (χ1v) is 4.19. The van der Waals surface area contributed by atoms with E-state index < -0.39 is 18.3 Å². The lowest BCUT2D eigenvalue weighted by Gasteiger charge is -2.12. The van der Waals surface area contributed by atoms with E-state index >= 15 is 0 Å². The maximum atomic E-state index is 11.9. The summed E-state index contributed by atoms with van der Waals surface area (Å²) in [4.78, 5) is 13.5. The Labute approximate surface area is 83.9 Å². The Hall–Kier alpha value is -1.46. The lowest BCUT2D eigenvalue weighted by Crippen LogP contribution is -2.21. The van der Waals surface area contributed by atoms with Gasteiger partial charge in [-0.25, -0.2) is 0 Å². The van der Waals surface area contributed by atoms with Gasteiger partial charge in [-0.3, -0.25) is 4.79 Å². The molecule has 84 valence electrons. The SMILES string of the molecule is Cc1c[nH]c(=O)c(C)c1OCC(F)(F)F. The van der Waals surface area contributed by atoms with E-state index in [1.54, 1.807) is 6.92 Å². The molecular formula is C9H10F3NO2. The van der Waals surface area contributed by atoms with Crippen molar-refractivity contribution in [1.82, 2.24) is 4.98 Å². The number of nitrogens with one attached hydrogen (secondary N) is 1. The topological polar surface area (TPSA) is 42.1 Å². The third kappa shape index (κ3) is 3.00. The number of H-pyrrole nitrogens is 1. The summed E-state index contributed by atoms with van der Waals surface area (Å²) in [5.74, 6) is -0.00363. The second-order valence-corrected chi connectivity index (χ2v) is 3.16. The summed E-state index contributed by atoms with van der Waals surface area (Å²) in [6, 6.07) is 0. The third-order valence-corrected chi connectivity index (χ3v) is 1.84. The van der Waals surface area contributed by atoms with Crippen LogP contribution in [0.3, 0.4) is 0 Å². The minimum atomic E-state index is -4.40. The molecular weight excluding hydrogens is 211 g/mol. The second-order valence-electron chi connectivity index (χ2n) is 3.16. The highest BCUT2D eigenvalue weighted by atomic mass is 19.4. The molecule has 3 nitrogen and oxygen atoms in total. The molecule has 0 radical (unpaired) electrons. The molecule has 15 heavy (non-hydrogen) atoms. The van der Waals surface area contributed by atoms with Crippen molar-refractivity contribution in [2.24, 2.45) is 0 Å². The van der Waals surface area contributed by atoms with Crippen LogP contribution in [0.5, 0.6) is 5.75 Å². The number of rotatable bonds is 2. The van der Waals surface area contributed by atoms with E-state index in [4.69, 9.17) is 0 Å². The maximum absolute atomic E-state index is 11.9. The van der Waals surface area contributed by atoms with E-state index in [1.807, 2.05) is 0 Å². The minimum Gasteiger partial charge on any atom is -0.483 e. The fourth-order valence-electron chi connectivity index (χ4n) is 1.12. The molecule has 0 unspecified atom stereocenters. The van der Waals surface area contributed by atoms with E-state index in [-0.39, 0.29) is 11.3 Å². The van der Waals surface area contributed by atoms with Gasteiger partial charge in [0.25, 0.3) is 5.56 Å². The van der Waals surface area contributed by atoms with Crippen LogP contribution in [-0.4, -0.2) is 17.8 Å². The standard InChI is InChI=1S/C9H10F3NO2/c1-5-3-13-8(14)6(2)7(5)15-4-9(10,11)12/h3H,4H2,1-2H3,(H,13,14). The molecule has 0 bridgehead atoms. The van der Waals surface area contributed by atoms with Crippen LogP contribution in [0.25, 0.3) is 0 Å². The van der Waals surface area contributed by atoms with Gasteiger partial charge in [-0.05, 0) is 13.8 Å². The molecule has 1 rings (SSSR count). The van der Waals surface area contributed by atoms with Crippen LogP contribution in [0.15, 0.2) is 11.0 Å². The van der Waals surface area contributed by atoms with Crippen molar-refractivity contribution in [3.05, 3.63) is 27.7 Å². The van der Waals surface area contributed by atoms with Gasteiger partial charge in [0.05, 0.1) is 5.56 Å². The molecule has 1 N–H and O–H groups in total. The molecule has 0 aliphatic rings. The van der Waals surface area contributed by atoms with E-state index in [1.165, 1.54) is 13.1 Å². The van der Waals surface area contributed by atoms with E-state index in [0.29, 0.717) is 5.56 Å². The Balaban J connectivity index is 2.95. The summed E-state index contributed by atoms with van der Waals surface area (Å²) >= 11 is 0. The molecule has 0 aliphatic heterocycles. The van der Waals surface area contributed by atoms with E-state index in [0.717, 1.165) is 0 Å². The summed E-state index contributed by atoms with van der Waals surface area (Å²) < 4.78 is 40.3. The van der Waals surface area contributed by atoms with Crippen LogP contribution in [0.2, 0.25) is 0 Å². The number of halogens is 3. The quantitative estimate of drug-likeness (QED) is 0.829. The predicted octanol–water partition coefficient (Wildman–Crippen LogP) is 1.93. The number of hydrogen-bond donors (Lipinski definition) is 1. The molecule has 1 heterocycles. The summed E-state index contributed by atoms with van der Waals surface area (Å²) in [6.45, 7) is 1.59. The first-order chi connectivity index (χ1) is 6.81. The zero-order valence-corrected chi connectivity index (χ0v) is 8.23. The molecule has 6 heteroatoms. The van der Waals surface area contributed by atoms with Gasteiger partial charge in [0.1, 0.15) is 5.75 Å². The Morgan fingerprint density at radius 3 is 2.53 bits per heavy atom. The number of ether oxygens (including phenoxy) is 1. The average Bonchev–Trinajstić information content (AvgIpc) is 2.10. The highest BCUT2D eigenvalue weighted by Crippen LogP contribution is 2.22. The van der Waals surface area contributed by atoms with E-state index in [9.17, 15) is 18.0 Å². The van der Waals surface area contributed by atoms with Gasteiger partial charge >= 0.3 is 6.18 Å². The number of alkyl halides is 3. The maximum Gasteiger partial charge on any atom is 0.422 e. The van der Waals surface area contributed by atoms with Crippen molar-refractivity contribution in [3.63, 3.8) is 0 Å². The van der Waals surface area contributed by atoms with Crippen LogP contribution in [0, 0.1) is 13.8 Å². The van der Waals surface area contributed by atoms with Crippen molar-refractivity contribution in [2.75, 3.05) is 6.61 Å². The Morgan fingerprint density at radius 2 is 2.00 bits per heavy atom.